The van der Waals surface area contributed by atoms with Crippen molar-refractivity contribution in [2.75, 3.05) is 24.6 Å². The van der Waals surface area contributed by atoms with Crippen LogP contribution in [0.15, 0.2) is 36.9 Å². The van der Waals surface area contributed by atoms with Crippen LogP contribution in [0.3, 0.4) is 0 Å². The zero-order valence-electron chi connectivity index (χ0n) is 12.2. The first-order valence-corrected chi connectivity index (χ1v) is 7.22. The number of hydrogen-bond acceptors (Lipinski definition) is 3. The molecule has 0 radical (unpaired) electrons. The molecule has 1 aliphatic rings. The molecule has 0 bridgehead atoms. The van der Waals surface area contributed by atoms with E-state index in [9.17, 15) is 4.39 Å². The molecule has 1 fully saturated rings. The molecule has 2 heterocycles. The first-order chi connectivity index (χ1) is 10.2. The van der Waals surface area contributed by atoms with Crippen LogP contribution in [0, 0.1) is 12.7 Å². The van der Waals surface area contributed by atoms with Gasteiger partial charge in [0.05, 0.1) is 12.7 Å². The van der Waals surface area contributed by atoms with E-state index in [4.69, 9.17) is 4.74 Å². The van der Waals surface area contributed by atoms with Gasteiger partial charge in [0, 0.05) is 29.9 Å². The van der Waals surface area contributed by atoms with Crippen molar-refractivity contribution in [2.24, 2.45) is 0 Å². The summed E-state index contributed by atoms with van der Waals surface area (Å²) in [4.78, 5) is 6.58. The molecule has 1 aliphatic heterocycles. The van der Waals surface area contributed by atoms with Crippen molar-refractivity contribution >= 4 is 16.6 Å². The summed E-state index contributed by atoms with van der Waals surface area (Å²) < 4.78 is 19.7. The molecule has 1 atom stereocenters. The topological polar surface area (TPSA) is 25.4 Å². The maximum absolute atomic E-state index is 14.0. The Morgan fingerprint density at radius 3 is 3.19 bits per heavy atom. The van der Waals surface area contributed by atoms with E-state index in [0.29, 0.717) is 12.1 Å². The second kappa shape index (κ2) is 5.82. The van der Waals surface area contributed by atoms with Gasteiger partial charge in [-0.2, -0.15) is 0 Å². The summed E-state index contributed by atoms with van der Waals surface area (Å²) in [6.07, 6.45) is 2.95. The Labute approximate surface area is 124 Å². The first-order valence-electron chi connectivity index (χ1n) is 7.22. The average molecular weight is 286 g/mol. The Morgan fingerprint density at radius 2 is 2.38 bits per heavy atom. The van der Waals surface area contributed by atoms with Gasteiger partial charge in [0.25, 0.3) is 0 Å². The number of para-hydroxylation sites is 1. The van der Waals surface area contributed by atoms with Crippen LogP contribution in [-0.4, -0.2) is 30.8 Å². The summed E-state index contributed by atoms with van der Waals surface area (Å²) in [6.45, 7) is 7.88. The fraction of sp³-hybridized carbons (Fsp3) is 0.353. The second-order valence-electron chi connectivity index (χ2n) is 5.40. The summed E-state index contributed by atoms with van der Waals surface area (Å²) in [6, 6.07) is 7.15. The van der Waals surface area contributed by atoms with Gasteiger partial charge in [0.15, 0.2) is 0 Å². The van der Waals surface area contributed by atoms with Crippen molar-refractivity contribution in [1.82, 2.24) is 4.98 Å². The number of aromatic nitrogens is 1. The van der Waals surface area contributed by atoms with Gasteiger partial charge < -0.3 is 9.64 Å². The van der Waals surface area contributed by atoms with E-state index in [1.165, 1.54) is 6.07 Å². The maximum Gasteiger partial charge on any atom is 0.149 e. The lowest BCUT2D eigenvalue weighted by molar-refractivity contribution is 0.0909. The molecule has 21 heavy (non-hydrogen) atoms. The molecular weight excluding hydrogens is 267 g/mol. The molecule has 1 aromatic carbocycles. The molecule has 0 N–H and O–H groups in total. The van der Waals surface area contributed by atoms with Gasteiger partial charge in [0.2, 0.25) is 0 Å². The fourth-order valence-electron chi connectivity index (χ4n) is 2.87. The summed E-state index contributed by atoms with van der Waals surface area (Å²) in [5, 5.41) is 0.866. The molecule has 0 spiro atoms. The Balaban J connectivity index is 1.94. The predicted molar refractivity (Wildman–Crippen MR) is 83.2 cm³/mol. The number of aryl methyl sites for hydroxylation is 1. The van der Waals surface area contributed by atoms with Crippen LogP contribution in [0.2, 0.25) is 0 Å². The minimum Gasteiger partial charge on any atom is -0.372 e. The van der Waals surface area contributed by atoms with E-state index in [0.717, 1.165) is 36.3 Å². The van der Waals surface area contributed by atoms with Crippen LogP contribution >= 0.6 is 0 Å². The molecule has 1 saturated heterocycles. The van der Waals surface area contributed by atoms with Crippen molar-refractivity contribution in [3.63, 3.8) is 0 Å². The molecule has 3 nitrogen and oxygen atoms in total. The molecule has 4 heteroatoms. The Bertz CT molecular complexity index is 671. The van der Waals surface area contributed by atoms with Crippen LogP contribution in [-0.2, 0) is 4.74 Å². The summed E-state index contributed by atoms with van der Waals surface area (Å²) in [5.74, 6) is -0.267. The molecule has 110 valence electrons. The van der Waals surface area contributed by atoms with Crippen LogP contribution in [0.25, 0.3) is 10.9 Å². The van der Waals surface area contributed by atoms with E-state index >= 15 is 0 Å². The monoisotopic (exact) mass is 286 g/mol. The number of halogens is 1. The van der Waals surface area contributed by atoms with Crippen LogP contribution in [0.5, 0.6) is 0 Å². The highest BCUT2D eigenvalue weighted by atomic mass is 19.1. The van der Waals surface area contributed by atoms with Crippen molar-refractivity contribution in [3.8, 4) is 0 Å². The highest BCUT2D eigenvalue weighted by Crippen LogP contribution is 2.31. The highest BCUT2D eigenvalue weighted by molar-refractivity contribution is 5.92. The van der Waals surface area contributed by atoms with Gasteiger partial charge in [-0.25, -0.2) is 9.37 Å². The molecule has 0 amide bonds. The molecule has 0 aliphatic carbocycles. The van der Waals surface area contributed by atoms with E-state index in [-0.39, 0.29) is 11.9 Å². The standard InChI is InChI=1S/C17H19FN2O/c1-3-9-21-13-7-8-20(11-13)16-10-12(2)19-17-14(16)5-4-6-15(17)18/h3-6,10,13H,1,7-9,11H2,2H3. The third-order valence-electron chi connectivity index (χ3n) is 3.83. The van der Waals surface area contributed by atoms with Crippen molar-refractivity contribution < 1.29 is 9.13 Å². The third-order valence-corrected chi connectivity index (χ3v) is 3.83. The van der Waals surface area contributed by atoms with E-state index in [1.807, 2.05) is 19.1 Å². The first kappa shape index (κ1) is 14.0. The fourth-order valence-corrected chi connectivity index (χ4v) is 2.87. The zero-order valence-corrected chi connectivity index (χ0v) is 12.2. The lowest BCUT2D eigenvalue weighted by atomic mass is 10.1. The summed E-state index contributed by atoms with van der Waals surface area (Å²) >= 11 is 0. The van der Waals surface area contributed by atoms with E-state index in [1.54, 1.807) is 12.1 Å². The lowest BCUT2D eigenvalue weighted by Crippen LogP contribution is -2.23. The van der Waals surface area contributed by atoms with Gasteiger partial charge in [-0.1, -0.05) is 18.2 Å². The zero-order chi connectivity index (χ0) is 14.8. The Kier molecular flexibility index (Phi) is 3.88. The van der Waals surface area contributed by atoms with Gasteiger partial charge in [-0.3, -0.25) is 0 Å². The number of anilines is 1. The van der Waals surface area contributed by atoms with Crippen LogP contribution in [0.1, 0.15) is 12.1 Å². The smallest absolute Gasteiger partial charge is 0.149 e. The summed E-state index contributed by atoms with van der Waals surface area (Å²) in [5.41, 5.74) is 2.32. The van der Waals surface area contributed by atoms with Gasteiger partial charge in [-0.15, -0.1) is 6.58 Å². The minimum absolute atomic E-state index is 0.208. The van der Waals surface area contributed by atoms with Crippen molar-refractivity contribution in [1.29, 1.82) is 0 Å². The number of fused-ring (bicyclic) bond motifs is 1. The van der Waals surface area contributed by atoms with Crippen LogP contribution < -0.4 is 4.90 Å². The average Bonchev–Trinajstić information content (AvgIpc) is 2.94. The predicted octanol–water partition coefficient (Wildman–Crippen LogP) is 3.46. The van der Waals surface area contributed by atoms with Gasteiger partial charge in [0.1, 0.15) is 11.3 Å². The quantitative estimate of drug-likeness (QED) is 0.805. The normalized spacial score (nSPS) is 18.4. The van der Waals surface area contributed by atoms with E-state index < -0.39 is 0 Å². The minimum atomic E-state index is -0.267. The maximum atomic E-state index is 14.0. The van der Waals surface area contributed by atoms with E-state index in [2.05, 4.69) is 16.5 Å². The van der Waals surface area contributed by atoms with Crippen molar-refractivity contribution in [3.05, 3.63) is 48.4 Å². The SMILES string of the molecule is C=CCOC1CCN(c2cc(C)nc3c(F)cccc23)C1. The van der Waals surface area contributed by atoms with Gasteiger partial charge in [-0.05, 0) is 25.5 Å². The largest absolute Gasteiger partial charge is 0.372 e. The number of ether oxygens (including phenoxy) is 1. The third kappa shape index (κ3) is 2.76. The van der Waals surface area contributed by atoms with Crippen molar-refractivity contribution in [2.45, 2.75) is 19.4 Å². The second-order valence-corrected chi connectivity index (χ2v) is 5.40. The molecule has 1 unspecified atom stereocenters. The van der Waals surface area contributed by atoms with Crippen LogP contribution in [0.4, 0.5) is 10.1 Å². The number of hydrogen-bond donors (Lipinski definition) is 0. The van der Waals surface area contributed by atoms with Gasteiger partial charge >= 0.3 is 0 Å². The molecule has 3 rings (SSSR count). The number of pyridine rings is 1. The lowest BCUT2D eigenvalue weighted by Gasteiger charge is -2.21. The molecule has 2 aromatic rings. The summed E-state index contributed by atoms with van der Waals surface area (Å²) in [7, 11) is 0. The number of benzene rings is 1. The molecule has 0 saturated carbocycles. The number of rotatable bonds is 4. The molecular formula is C17H19FN2O. The Hall–Kier alpha value is -1.94. The highest BCUT2D eigenvalue weighted by Gasteiger charge is 2.24. The molecule has 1 aromatic heterocycles. The Morgan fingerprint density at radius 1 is 1.52 bits per heavy atom. The number of nitrogens with zero attached hydrogens (tertiary/aromatic N) is 2.